The predicted molar refractivity (Wildman–Crippen MR) is 64.1 cm³/mol. The molecule has 94 valence electrons. The van der Waals surface area contributed by atoms with E-state index >= 15 is 0 Å². The van der Waals surface area contributed by atoms with Crippen molar-refractivity contribution in [2.75, 3.05) is 13.1 Å². The summed E-state index contributed by atoms with van der Waals surface area (Å²) in [6.45, 7) is 7.51. The fraction of sp³-hybridized carbons (Fsp3) is 0.917. The molecule has 1 atom stereocenters. The molecule has 1 unspecified atom stereocenters. The minimum absolute atomic E-state index is 0.183. The normalized spacial score (nSPS) is 27.2. The third-order valence-corrected chi connectivity index (χ3v) is 2.74. The first-order chi connectivity index (χ1) is 7.31. The summed E-state index contributed by atoms with van der Waals surface area (Å²) in [6.07, 6.45) is 3.08. The Morgan fingerprint density at radius 1 is 1.38 bits per heavy atom. The summed E-state index contributed by atoms with van der Waals surface area (Å²) in [5.41, 5.74) is 5.43. The summed E-state index contributed by atoms with van der Waals surface area (Å²) >= 11 is 0. The molecule has 1 aliphatic rings. The maximum absolute atomic E-state index is 11.7. The molecule has 0 aromatic heterocycles. The van der Waals surface area contributed by atoms with Crippen molar-refractivity contribution < 1.29 is 9.53 Å². The van der Waals surface area contributed by atoms with Gasteiger partial charge in [0.15, 0.2) is 0 Å². The maximum Gasteiger partial charge on any atom is 0.308 e. The molecule has 4 nitrogen and oxygen atoms in total. The second-order valence-electron chi connectivity index (χ2n) is 5.73. The van der Waals surface area contributed by atoms with Crippen LogP contribution >= 0.6 is 0 Å². The van der Waals surface area contributed by atoms with Gasteiger partial charge in [-0.15, -0.1) is 0 Å². The van der Waals surface area contributed by atoms with Crippen LogP contribution < -0.4 is 11.1 Å². The van der Waals surface area contributed by atoms with Gasteiger partial charge in [-0.3, -0.25) is 4.79 Å². The summed E-state index contributed by atoms with van der Waals surface area (Å²) in [4.78, 5) is 11.7. The molecule has 1 heterocycles. The molecule has 3 N–H and O–H groups in total. The molecule has 0 amide bonds. The van der Waals surface area contributed by atoms with Crippen molar-refractivity contribution in [1.29, 1.82) is 0 Å². The van der Waals surface area contributed by atoms with Gasteiger partial charge in [-0.05, 0) is 53.1 Å². The summed E-state index contributed by atoms with van der Waals surface area (Å²) in [5, 5.41) is 3.29. The summed E-state index contributed by atoms with van der Waals surface area (Å²) in [6, 6.07) is 0. The van der Waals surface area contributed by atoms with Gasteiger partial charge in [0.1, 0.15) is 5.60 Å². The second-order valence-corrected chi connectivity index (χ2v) is 5.73. The monoisotopic (exact) mass is 228 g/mol. The lowest BCUT2D eigenvalue weighted by Gasteiger charge is -2.28. The van der Waals surface area contributed by atoms with E-state index in [9.17, 15) is 4.79 Å². The lowest BCUT2D eigenvalue weighted by Crippen LogP contribution is -2.43. The molecule has 0 radical (unpaired) electrons. The summed E-state index contributed by atoms with van der Waals surface area (Å²) in [7, 11) is 0. The highest BCUT2D eigenvalue weighted by Crippen LogP contribution is 2.22. The first kappa shape index (κ1) is 13.5. The largest absolute Gasteiger partial charge is 0.460 e. The van der Waals surface area contributed by atoms with Crippen LogP contribution in [0.4, 0.5) is 0 Å². The Kier molecular flexibility index (Phi) is 4.33. The molecule has 0 bridgehead atoms. The molecule has 16 heavy (non-hydrogen) atoms. The zero-order chi connectivity index (χ0) is 12.2. The fourth-order valence-corrected chi connectivity index (χ4v) is 1.99. The molecule has 0 aromatic rings. The highest BCUT2D eigenvalue weighted by atomic mass is 16.6. The highest BCUT2D eigenvalue weighted by molar-refractivity contribution is 5.71. The van der Waals surface area contributed by atoms with Gasteiger partial charge in [0, 0.05) is 5.54 Å². The van der Waals surface area contributed by atoms with Gasteiger partial charge in [0.25, 0.3) is 0 Å². The number of hydrogen-bond acceptors (Lipinski definition) is 4. The van der Waals surface area contributed by atoms with Crippen LogP contribution in [0.5, 0.6) is 0 Å². The van der Waals surface area contributed by atoms with Crippen molar-refractivity contribution in [3.63, 3.8) is 0 Å². The van der Waals surface area contributed by atoms with Crippen LogP contribution in [0, 0.1) is 0 Å². The van der Waals surface area contributed by atoms with Crippen LogP contribution in [-0.4, -0.2) is 30.2 Å². The van der Waals surface area contributed by atoms with E-state index in [-0.39, 0.29) is 11.5 Å². The number of esters is 1. The van der Waals surface area contributed by atoms with E-state index in [1.165, 1.54) is 0 Å². The van der Waals surface area contributed by atoms with Gasteiger partial charge < -0.3 is 15.8 Å². The van der Waals surface area contributed by atoms with Gasteiger partial charge >= 0.3 is 5.97 Å². The van der Waals surface area contributed by atoms with Crippen LogP contribution in [0.25, 0.3) is 0 Å². The Balaban J connectivity index is 2.47. The fourth-order valence-electron chi connectivity index (χ4n) is 1.99. The third-order valence-electron chi connectivity index (χ3n) is 2.74. The van der Waals surface area contributed by atoms with Crippen molar-refractivity contribution in [2.45, 2.75) is 57.6 Å². The van der Waals surface area contributed by atoms with Crippen LogP contribution in [0.15, 0.2) is 0 Å². The molecular formula is C12H24N2O2. The van der Waals surface area contributed by atoms with E-state index < -0.39 is 5.60 Å². The molecule has 1 rings (SSSR count). The van der Waals surface area contributed by atoms with E-state index in [2.05, 4.69) is 5.32 Å². The highest BCUT2D eigenvalue weighted by Gasteiger charge is 2.31. The summed E-state index contributed by atoms with van der Waals surface area (Å²) in [5.74, 6) is -0.183. The van der Waals surface area contributed by atoms with Crippen LogP contribution in [-0.2, 0) is 9.53 Å². The minimum Gasteiger partial charge on any atom is -0.460 e. The first-order valence-corrected chi connectivity index (χ1v) is 6.02. The average Bonchev–Trinajstić information content (AvgIpc) is 2.25. The molecule has 0 saturated carbocycles. The van der Waals surface area contributed by atoms with E-state index in [4.69, 9.17) is 10.5 Å². The van der Waals surface area contributed by atoms with E-state index in [1.54, 1.807) is 0 Å². The van der Waals surface area contributed by atoms with Crippen molar-refractivity contribution in [1.82, 2.24) is 5.32 Å². The van der Waals surface area contributed by atoms with Gasteiger partial charge in [0.05, 0.1) is 6.42 Å². The number of hydrogen-bond donors (Lipinski definition) is 2. The average molecular weight is 228 g/mol. The predicted octanol–water partition coefficient (Wildman–Crippen LogP) is 1.19. The number of nitrogens with one attached hydrogen (secondary N) is 1. The number of rotatable bonds is 2. The molecule has 0 aliphatic carbocycles. The van der Waals surface area contributed by atoms with Gasteiger partial charge in [0.2, 0.25) is 0 Å². The third kappa shape index (κ3) is 4.94. The summed E-state index contributed by atoms with van der Waals surface area (Å²) < 4.78 is 5.31. The van der Waals surface area contributed by atoms with Gasteiger partial charge in [-0.2, -0.15) is 0 Å². The van der Waals surface area contributed by atoms with Crippen LogP contribution in [0.2, 0.25) is 0 Å². The first-order valence-electron chi connectivity index (χ1n) is 6.02. The Hall–Kier alpha value is -0.610. The molecule has 4 heteroatoms. The minimum atomic E-state index is -0.420. The Labute approximate surface area is 97.9 Å². The maximum atomic E-state index is 11.7. The van der Waals surface area contributed by atoms with E-state index in [1.807, 2.05) is 20.8 Å². The number of ether oxygens (including phenoxy) is 1. The quantitative estimate of drug-likeness (QED) is 0.697. The Morgan fingerprint density at radius 2 is 2.06 bits per heavy atom. The molecule has 0 spiro atoms. The molecule has 1 saturated heterocycles. The van der Waals surface area contributed by atoms with Crippen LogP contribution in [0.3, 0.4) is 0 Å². The zero-order valence-electron chi connectivity index (χ0n) is 10.6. The van der Waals surface area contributed by atoms with Crippen molar-refractivity contribution in [3.05, 3.63) is 0 Å². The number of carbonyl (C=O) groups is 1. The standard InChI is InChI=1S/C12H24N2O2/c1-11(2,3)16-10(15)9-12(13)5-4-7-14-8-6-12/h14H,4-9,13H2,1-3H3. The van der Waals surface area contributed by atoms with Crippen LogP contribution in [0.1, 0.15) is 46.5 Å². The van der Waals surface area contributed by atoms with Crippen molar-refractivity contribution >= 4 is 5.97 Å². The Bertz CT molecular complexity index is 238. The van der Waals surface area contributed by atoms with Gasteiger partial charge in [-0.1, -0.05) is 0 Å². The second kappa shape index (κ2) is 5.15. The van der Waals surface area contributed by atoms with Crippen molar-refractivity contribution in [3.8, 4) is 0 Å². The molecule has 0 aromatic carbocycles. The lowest BCUT2D eigenvalue weighted by molar-refractivity contribution is -0.156. The molecular weight excluding hydrogens is 204 g/mol. The van der Waals surface area contributed by atoms with Gasteiger partial charge in [-0.25, -0.2) is 0 Å². The number of nitrogens with two attached hydrogens (primary N) is 1. The molecule has 1 aliphatic heterocycles. The zero-order valence-corrected chi connectivity index (χ0v) is 10.6. The van der Waals surface area contributed by atoms with E-state index in [0.717, 1.165) is 32.4 Å². The topological polar surface area (TPSA) is 64.3 Å². The number of carbonyl (C=O) groups excluding carboxylic acids is 1. The van der Waals surface area contributed by atoms with Crippen molar-refractivity contribution in [2.24, 2.45) is 5.73 Å². The lowest BCUT2D eigenvalue weighted by atomic mass is 9.88. The Morgan fingerprint density at radius 3 is 2.69 bits per heavy atom. The molecule has 1 fully saturated rings. The van der Waals surface area contributed by atoms with E-state index in [0.29, 0.717) is 6.42 Å². The smallest absolute Gasteiger partial charge is 0.308 e. The SMILES string of the molecule is CC(C)(C)OC(=O)CC1(N)CCCNCC1.